The normalized spacial score (nSPS) is 15.4. The highest BCUT2D eigenvalue weighted by molar-refractivity contribution is 6.27. The van der Waals surface area contributed by atoms with Gasteiger partial charge >= 0.3 is 0 Å². The van der Waals surface area contributed by atoms with Crippen LogP contribution in [-0.4, -0.2) is 35.2 Å². The van der Waals surface area contributed by atoms with Crippen LogP contribution >= 0.6 is 11.6 Å². The maximum atomic E-state index is 13.5. The lowest BCUT2D eigenvalue weighted by molar-refractivity contribution is -0.139. The number of amides is 2. The van der Waals surface area contributed by atoms with E-state index in [2.05, 4.69) is 5.32 Å². The van der Waals surface area contributed by atoms with Crippen LogP contribution in [0.15, 0.2) is 54.6 Å². The van der Waals surface area contributed by atoms with Crippen molar-refractivity contribution in [3.63, 3.8) is 0 Å². The summed E-state index contributed by atoms with van der Waals surface area (Å²) in [5, 5.41) is 3.12. The fraction of sp³-hybridized carbons (Fsp3) is 0.417. The second-order valence-corrected chi connectivity index (χ2v) is 8.02. The van der Waals surface area contributed by atoms with Gasteiger partial charge in [0.05, 0.1) is 0 Å². The lowest BCUT2D eigenvalue weighted by Gasteiger charge is -2.33. The van der Waals surface area contributed by atoms with Crippen molar-refractivity contribution < 1.29 is 14.0 Å². The van der Waals surface area contributed by atoms with Crippen LogP contribution in [0, 0.1) is 5.82 Å². The summed E-state index contributed by atoms with van der Waals surface area (Å²) in [6.07, 6.45) is 5.83. The summed E-state index contributed by atoms with van der Waals surface area (Å²) in [6, 6.07) is 14.8. The third kappa shape index (κ3) is 6.05. The lowest BCUT2D eigenvalue weighted by Crippen LogP contribution is -2.48. The Bertz CT molecular complexity index is 823. The first kappa shape index (κ1) is 22.3. The number of nitrogens with one attached hydrogen (secondary N) is 1. The summed E-state index contributed by atoms with van der Waals surface area (Å²) in [7, 11) is 0. The molecular weight excluding hydrogens is 403 g/mol. The van der Waals surface area contributed by atoms with E-state index in [4.69, 9.17) is 11.6 Å². The van der Waals surface area contributed by atoms with Gasteiger partial charge in [0.25, 0.3) is 0 Å². The zero-order valence-electron chi connectivity index (χ0n) is 17.0. The Morgan fingerprint density at radius 3 is 2.33 bits per heavy atom. The van der Waals surface area contributed by atoms with Crippen LogP contribution in [0.25, 0.3) is 0 Å². The molecule has 160 valence electrons. The van der Waals surface area contributed by atoms with Gasteiger partial charge in [0.1, 0.15) is 17.7 Å². The molecule has 4 nitrogen and oxygen atoms in total. The van der Waals surface area contributed by atoms with E-state index in [0.717, 1.165) is 31.2 Å². The average Bonchev–Trinajstić information content (AvgIpc) is 2.78. The predicted octanol–water partition coefficient (Wildman–Crippen LogP) is 4.63. The molecular formula is C24H28ClFN2O2. The molecule has 2 aromatic carbocycles. The van der Waals surface area contributed by atoms with Crippen molar-refractivity contribution >= 4 is 23.4 Å². The van der Waals surface area contributed by atoms with Crippen molar-refractivity contribution in [3.8, 4) is 0 Å². The van der Waals surface area contributed by atoms with E-state index >= 15 is 0 Å². The number of carbonyl (C=O) groups is 2. The third-order valence-electron chi connectivity index (χ3n) is 5.62. The van der Waals surface area contributed by atoms with Crippen molar-refractivity contribution in [2.45, 2.75) is 50.6 Å². The van der Waals surface area contributed by atoms with Crippen LogP contribution in [0.5, 0.6) is 0 Å². The topological polar surface area (TPSA) is 49.4 Å². The van der Waals surface area contributed by atoms with Gasteiger partial charge in [-0.25, -0.2) is 4.39 Å². The molecule has 6 heteroatoms. The van der Waals surface area contributed by atoms with Gasteiger partial charge < -0.3 is 10.2 Å². The summed E-state index contributed by atoms with van der Waals surface area (Å²) in [5.41, 5.74) is 1.65. The van der Waals surface area contributed by atoms with Gasteiger partial charge in [0.15, 0.2) is 0 Å². The molecule has 0 radical (unpaired) electrons. The van der Waals surface area contributed by atoms with E-state index in [9.17, 15) is 14.0 Å². The first-order valence-corrected chi connectivity index (χ1v) is 11.1. The quantitative estimate of drug-likeness (QED) is 0.621. The Labute approximate surface area is 182 Å². The van der Waals surface area contributed by atoms with Gasteiger partial charge in [-0.1, -0.05) is 61.7 Å². The van der Waals surface area contributed by atoms with Gasteiger partial charge in [0, 0.05) is 12.6 Å². The molecule has 0 aliphatic heterocycles. The minimum Gasteiger partial charge on any atom is -0.351 e. The Morgan fingerprint density at radius 2 is 1.70 bits per heavy atom. The number of rotatable bonds is 8. The van der Waals surface area contributed by atoms with Crippen molar-refractivity contribution in [3.05, 3.63) is 71.5 Å². The summed E-state index contributed by atoms with van der Waals surface area (Å²) < 4.78 is 13.5. The standard InChI is InChI=1S/C24H28ClFN2O2/c25-17-22(29)28(16-15-18-7-3-1-4-8-18)23(19-11-13-20(26)14-12-19)24(30)27-21-9-5-2-6-10-21/h1,3-4,7-8,11-14,21,23H,2,5-6,9-10,15-17H2,(H,27,30)/t23-/m1/s1. The van der Waals surface area contributed by atoms with Crippen LogP contribution in [0.3, 0.4) is 0 Å². The van der Waals surface area contributed by atoms with Gasteiger partial charge in [-0.15, -0.1) is 11.6 Å². The van der Waals surface area contributed by atoms with Crippen molar-refractivity contribution in [2.24, 2.45) is 0 Å². The largest absolute Gasteiger partial charge is 0.351 e. The number of hydrogen-bond donors (Lipinski definition) is 1. The molecule has 3 rings (SSSR count). The number of carbonyl (C=O) groups excluding carboxylic acids is 2. The smallest absolute Gasteiger partial charge is 0.247 e. The van der Waals surface area contributed by atoms with Crippen molar-refractivity contribution in [1.29, 1.82) is 0 Å². The van der Waals surface area contributed by atoms with E-state index in [1.165, 1.54) is 23.5 Å². The molecule has 0 spiro atoms. The molecule has 0 bridgehead atoms. The van der Waals surface area contributed by atoms with E-state index in [1.807, 2.05) is 30.3 Å². The van der Waals surface area contributed by atoms with E-state index in [1.54, 1.807) is 12.1 Å². The zero-order chi connectivity index (χ0) is 21.3. The first-order chi connectivity index (χ1) is 14.6. The fourth-order valence-corrected chi connectivity index (χ4v) is 4.17. The summed E-state index contributed by atoms with van der Waals surface area (Å²) in [4.78, 5) is 27.6. The fourth-order valence-electron chi connectivity index (χ4n) is 4.01. The number of halogens is 2. The molecule has 0 aromatic heterocycles. The Morgan fingerprint density at radius 1 is 1.03 bits per heavy atom. The Hall–Kier alpha value is -2.40. The SMILES string of the molecule is O=C(NC1CCCCC1)[C@@H](c1ccc(F)cc1)N(CCc1ccccc1)C(=O)CCl. The van der Waals surface area contributed by atoms with Crippen LogP contribution < -0.4 is 5.32 Å². The second-order valence-electron chi connectivity index (χ2n) is 7.75. The number of benzene rings is 2. The van der Waals surface area contributed by atoms with Gasteiger partial charge in [0.2, 0.25) is 11.8 Å². The van der Waals surface area contributed by atoms with Crippen LogP contribution in [0.4, 0.5) is 4.39 Å². The Kier molecular flexibility index (Phi) is 8.26. The number of alkyl halides is 1. The minimum atomic E-state index is -0.845. The third-order valence-corrected chi connectivity index (χ3v) is 5.84. The molecule has 1 aliphatic carbocycles. The molecule has 1 N–H and O–H groups in total. The highest BCUT2D eigenvalue weighted by Crippen LogP contribution is 2.25. The lowest BCUT2D eigenvalue weighted by atomic mass is 9.94. The van der Waals surface area contributed by atoms with Gasteiger partial charge in [-0.2, -0.15) is 0 Å². The molecule has 0 saturated heterocycles. The maximum Gasteiger partial charge on any atom is 0.247 e. The summed E-state index contributed by atoms with van der Waals surface area (Å²) >= 11 is 5.90. The molecule has 1 aliphatic rings. The van der Waals surface area contributed by atoms with E-state index < -0.39 is 6.04 Å². The highest BCUT2D eigenvalue weighted by Gasteiger charge is 2.32. The van der Waals surface area contributed by atoms with Crippen LogP contribution in [0.1, 0.15) is 49.3 Å². The first-order valence-electron chi connectivity index (χ1n) is 10.5. The molecule has 0 unspecified atom stereocenters. The second kappa shape index (κ2) is 11.1. The van der Waals surface area contributed by atoms with Crippen molar-refractivity contribution in [2.75, 3.05) is 12.4 Å². The van der Waals surface area contributed by atoms with E-state index in [-0.39, 0.29) is 29.6 Å². The molecule has 0 heterocycles. The van der Waals surface area contributed by atoms with Crippen molar-refractivity contribution in [1.82, 2.24) is 10.2 Å². The number of nitrogens with zero attached hydrogens (tertiary/aromatic N) is 1. The maximum absolute atomic E-state index is 13.5. The van der Waals surface area contributed by atoms with Gasteiger partial charge in [-0.05, 0) is 42.5 Å². The zero-order valence-corrected chi connectivity index (χ0v) is 17.8. The highest BCUT2D eigenvalue weighted by atomic mass is 35.5. The van der Waals surface area contributed by atoms with E-state index in [0.29, 0.717) is 18.5 Å². The van der Waals surface area contributed by atoms with Gasteiger partial charge in [-0.3, -0.25) is 9.59 Å². The Balaban J connectivity index is 1.86. The number of hydrogen-bond acceptors (Lipinski definition) is 2. The predicted molar refractivity (Wildman–Crippen MR) is 117 cm³/mol. The minimum absolute atomic E-state index is 0.108. The molecule has 2 amide bonds. The van der Waals surface area contributed by atoms with Crippen LogP contribution in [-0.2, 0) is 16.0 Å². The van der Waals surface area contributed by atoms with Crippen LogP contribution in [0.2, 0.25) is 0 Å². The average molecular weight is 431 g/mol. The molecule has 30 heavy (non-hydrogen) atoms. The molecule has 2 aromatic rings. The monoisotopic (exact) mass is 430 g/mol. The molecule has 1 saturated carbocycles. The summed E-state index contributed by atoms with van der Waals surface area (Å²) in [6.45, 7) is 0.343. The molecule has 1 atom stereocenters. The molecule has 1 fully saturated rings. The summed E-state index contributed by atoms with van der Waals surface area (Å²) in [5.74, 6) is -1.16.